The summed E-state index contributed by atoms with van der Waals surface area (Å²) in [4.78, 5) is 0. The predicted octanol–water partition coefficient (Wildman–Crippen LogP) is 3.87. The summed E-state index contributed by atoms with van der Waals surface area (Å²) in [5.41, 5.74) is 7.13. The lowest BCUT2D eigenvalue weighted by Crippen LogP contribution is -2.05. The second-order valence-corrected chi connectivity index (χ2v) is 3.82. The van der Waals surface area contributed by atoms with E-state index in [1.54, 1.807) is 0 Å². The van der Waals surface area contributed by atoms with Crippen LogP contribution < -0.4 is 0 Å². The molecule has 0 N–H and O–H groups in total. The Labute approximate surface area is 76.0 Å². The van der Waals surface area contributed by atoms with Gasteiger partial charge in [-0.3, -0.25) is 0 Å². The fourth-order valence-electron chi connectivity index (χ4n) is 0.506. The van der Waals surface area contributed by atoms with Gasteiger partial charge in [0, 0.05) is 0 Å². The van der Waals surface area contributed by atoms with Crippen molar-refractivity contribution in [3.8, 4) is 0 Å². The molecule has 0 unspecified atom stereocenters. The van der Waals surface area contributed by atoms with Crippen LogP contribution in [0.1, 0.15) is 34.1 Å². The Morgan fingerprint density at radius 1 is 1.33 bits per heavy atom. The first kappa shape index (κ1) is 11.0. The van der Waals surface area contributed by atoms with Crippen LogP contribution in [0.25, 0.3) is 0 Å². The van der Waals surface area contributed by atoms with Crippen LogP contribution in [0.4, 0.5) is 0 Å². The fraction of sp³-hybridized carbons (Fsp3) is 0.500. The summed E-state index contributed by atoms with van der Waals surface area (Å²) in [5, 5.41) is 0. The minimum absolute atomic E-state index is 0.140. The van der Waals surface area contributed by atoms with Gasteiger partial charge in [-0.25, -0.2) is 0 Å². The van der Waals surface area contributed by atoms with Crippen molar-refractivity contribution in [2.75, 3.05) is 0 Å². The van der Waals surface area contributed by atoms with E-state index in [0.29, 0.717) is 0 Å². The summed E-state index contributed by atoms with van der Waals surface area (Å²) in [7, 11) is 0. The summed E-state index contributed by atoms with van der Waals surface area (Å²) >= 11 is 0. The smallest absolute Gasteiger partial charge is 0.00839 e. The van der Waals surface area contributed by atoms with Gasteiger partial charge in [-0.05, 0) is 29.6 Å². The van der Waals surface area contributed by atoms with Crippen molar-refractivity contribution < 1.29 is 0 Å². The minimum atomic E-state index is 0.140. The van der Waals surface area contributed by atoms with Gasteiger partial charge in [0.15, 0.2) is 0 Å². The Bertz CT molecular complexity index is 236. The zero-order valence-electron chi connectivity index (χ0n) is 8.57. The highest BCUT2D eigenvalue weighted by atomic mass is 14.2. The van der Waals surface area contributed by atoms with Crippen molar-refractivity contribution in [2.45, 2.75) is 34.1 Å². The Balaban J connectivity index is 4.39. The molecule has 66 valence electrons. The van der Waals surface area contributed by atoms with Gasteiger partial charge in [-0.15, -0.1) is 0 Å². The van der Waals surface area contributed by atoms with Gasteiger partial charge >= 0.3 is 0 Å². The Hall–Kier alpha value is -0.960. The molecule has 0 aromatic heterocycles. The molecule has 0 bridgehead atoms. The molecule has 12 heavy (non-hydrogen) atoms. The molecule has 0 radical (unpaired) electrons. The first-order chi connectivity index (χ1) is 5.48. The van der Waals surface area contributed by atoms with Crippen molar-refractivity contribution >= 4 is 0 Å². The van der Waals surface area contributed by atoms with E-state index in [4.69, 9.17) is 0 Å². The second kappa shape index (κ2) is 4.83. The molecule has 0 heteroatoms. The molecule has 0 nitrogen and oxygen atoms in total. The molecular formula is C12H18. The molecular weight excluding hydrogens is 144 g/mol. The Kier molecular flexibility index (Phi) is 4.44. The topological polar surface area (TPSA) is 0 Å². The zero-order chi connectivity index (χ0) is 9.61. The van der Waals surface area contributed by atoms with E-state index >= 15 is 0 Å². The van der Waals surface area contributed by atoms with Crippen molar-refractivity contribution in [1.82, 2.24) is 0 Å². The van der Waals surface area contributed by atoms with E-state index in [1.165, 1.54) is 0 Å². The summed E-state index contributed by atoms with van der Waals surface area (Å²) < 4.78 is 0. The summed E-state index contributed by atoms with van der Waals surface area (Å²) in [6.07, 6.45) is 4.85. The van der Waals surface area contributed by atoms with Gasteiger partial charge in [0.2, 0.25) is 0 Å². The standard InChI is InChI=1S/C12H18/c1-6-7-8-9-10-11(2)12(3,4)5/h7,10H,2,6H2,1,3-5H3. The van der Waals surface area contributed by atoms with Crippen LogP contribution in [0.3, 0.4) is 0 Å². The number of hydrogen-bond donors (Lipinski definition) is 0. The Morgan fingerprint density at radius 3 is 2.33 bits per heavy atom. The minimum Gasteiger partial charge on any atom is -0.0947 e. The maximum atomic E-state index is 3.95. The largest absolute Gasteiger partial charge is 0.0947 e. The lowest BCUT2D eigenvalue weighted by atomic mass is 9.88. The van der Waals surface area contributed by atoms with Crippen LogP contribution in [0.2, 0.25) is 0 Å². The third kappa shape index (κ3) is 4.79. The summed E-state index contributed by atoms with van der Waals surface area (Å²) in [5.74, 6) is 0. The molecule has 0 fully saturated rings. The van der Waals surface area contributed by atoms with Crippen LogP contribution in [0.15, 0.2) is 35.8 Å². The van der Waals surface area contributed by atoms with Crippen LogP contribution in [0, 0.1) is 5.41 Å². The van der Waals surface area contributed by atoms with Gasteiger partial charge < -0.3 is 0 Å². The zero-order valence-corrected chi connectivity index (χ0v) is 8.57. The summed E-state index contributed by atoms with van der Waals surface area (Å²) in [6, 6.07) is 0. The van der Waals surface area contributed by atoms with Crippen molar-refractivity contribution in [3.05, 3.63) is 35.8 Å². The van der Waals surface area contributed by atoms with Gasteiger partial charge in [0.1, 0.15) is 0 Å². The van der Waals surface area contributed by atoms with Crippen molar-refractivity contribution in [1.29, 1.82) is 0 Å². The predicted molar refractivity (Wildman–Crippen MR) is 55.1 cm³/mol. The molecule has 0 spiro atoms. The first-order valence-corrected chi connectivity index (χ1v) is 4.33. The molecule has 0 aliphatic rings. The van der Waals surface area contributed by atoms with Gasteiger partial charge in [-0.1, -0.05) is 45.7 Å². The third-order valence-electron chi connectivity index (χ3n) is 1.60. The van der Waals surface area contributed by atoms with E-state index in [0.717, 1.165) is 12.0 Å². The lowest BCUT2D eigenvalue weighted by Gasteiger charge is -2.17. The Morgan fingerprint density at radius 2 is 1.92 bits per heavy atom. The monoisotopic (exact) mass is 162 g/mol. The molecule has 0 saturated carbocycles. The molecule has 0 heterocycles. The highest BCUT2D eigenvalue weighted by Crippen LogP contribution is 2.23. The molecule has 0 amide bonds. The van der Waals surface area contributed by atoms with Crippen LogP contribution in [0.5, 0.6) is 0 Å². The van der Waals surface area contributed by atoms with E-state index in [-0.39, 0.29) is 5.41 Å². The average molecular weight is 162 g/mol. The van der Waals surface area contributed by atoms with E-state index < -0.39 is 0 Å². The van der Waals surface area contributed by atoms with E-state index in [2.05, 4.69) is 45.7 Å². The lowest BCUT2D eigenvalue weighted by molar-refractivity contribution is 0.519. The average Bonchev–Trinajstić information content (AvgIpc) is 1.96. The van der Waals surface area contributed by atoms with E-state index in [9.17, 15) is 0 Å². The summed E-state index contributed by atoms with van der Waals surface area (Å²) in [6.45, 7) is 12.4. The van der Waals surface area contributed by atoms with Gasteiger partial charge in [0.25, 0.3) is 0 Å². The molecule has 0 aromatic rings. The highest BCUT2D eigenvalue weighted by Gasteiger charge is 2.11. The second-order valence-electron chi connectivity index (χ2n) is 3.82. The highest BCUT2D eigenvalue weighted by molar-refractivity contribution is 5.20. The number of rotatable bonds is 2. The first-order valence-electron chi connectivity index (χ1n) is 4.33. The quantitative estimate of drug-likeness (QED) is 0.427. The normalized spacial score (nSPS) is 9.67. The van der Waals surface area contributed by atoms with Crippen LogP contribution in [-0.4, -0.2) is 0 Å². The van der Waals surface area contributed by atoms with Gasteiger partial charge in [0.05, 0.1) is 0 Å². The molecule has 0 aliphatic heterocycles. The molecule has 0 saturated heterocycles. The maximum Gasteiger partial charge on any atom is -0.00839 e. The SMILES string of the molecule is C=C(C=C=C=CCC)C(C)(C)C. The fourth-order valence-corrected chi connectivity index (χ4v) is 0.506. The molecule has 0 rings (SSSR count). The molecule has 0 atom stereocenters. The van der Waals surface area contributed by atoms with Gasteiger partial charge in [-0.2, -0.15) is 0 Å². The maximum absolute atomic E-state index is 3.95. The van der Waals surface area contributed by atoms with Crippen LogP contribution in [-0.2, 0) is 0 Å². The van der Waals surface area contributed by atoms with Crippen molar-refractivity contribution in [3.63, 3.8) is 0 Å². The van der Waals surface area contributed by atoms with Crippen LogP contribution >= 0.6 is 0 Å². The van der Waals surface area contributed by atoms with E-state index in [1.807, 2.05) is 12.2 Å². The number of allylic oxidation sites excluding steroid dienone is 3. The molecule has 0 aromatic carbocycles. The molecule has 0 aliphatic carbocycles. The number of hydrogen-bond acceptors (Lipinski definition) is 0. The van der Waals surface area contributed by atoms with Crippen molar-refractivity contribution in [2.24, 2.45) is 5.41 Å². The third-order valence-corrected chi connectivity index (χ3v) is 1.60.